The number of rotatable bonds is 5. The van der Waals surface area contributed by atoms with Gasteiger partial charge in [-0.3, -0.25) is 4.79 Å². The quantitative estimate of drug-likeness (QED) is 0.410. The minimum atomic E-state index is -1.36. The molecular weight excluding hydrogens is 420 g/mol. The summed E-state index contributed by atoms with van der Waals surface area (Å²) in [7, 11) is 0. The molecule has 0 bridgehead atoms. The number of amidine groups is 1. The van der Waals surface area contributed by atoms with Gasteiger partial charge in [-0.25, -0.2) is 0 Å². The van der Waals surface area contributed by atoms with Gasteiger partial charge in [-0.2, -0.15) is 15.5 Å². The monoisotopic (exact) mass is 448 g/mol. The Balaban J connectivity index is 2.18. The number of carbonyl (C=O) groups is 1. The van der Waals surface area contributed by atoms with E-state index in [1.54, 1.807) is 6.92 Å². The Kier molecular flexibility index (Phi) is 6.90. The highest BCUT2D eigenvalue weighted by Gasteiger charge is 2.63. The van der Waals surface area contributed by atoms with Crippen molar-refractivity contribution in [2.75, 3.05) is 6.61 Å². The molecule has 2 atom stereocenters. The van der Waals surface area contributed by atoms with Crippen LogP contribution in [0.15, 0.2) is 58.2 Å². The molecule has 1 aromatic carbocycles. The highest BCUT2D eigenvalue weighted by atomic mass is 16.6. The van der Waals surface area contributed by atoms with Gasteiger partial charge < -0.3 is 19.5 Å². The predicted molar refractivity (Wildman–Crippen MR) is 122 cm³/mol. The number of ether oxygens (including phenoxy) is 3. The molecule has 1 saturated heterocycles. The van der Waals surface area contributed by atoms with Gasteiger partial charge in [-0.1, -0.05) is 18.2 Å². The molecule has 172 valence electrons. The molecule has 1 heterocycles. The first-order chi connectivity index (χ1) is 15.7. The number of carbonyl (C=O) groups excluding carboxylic acids is 1. The molecule has 0 radical (unpaired) electrons. The molecule has 8 nitrogen and oxygen atoms in total. The number of para-hydroxylation sites is 1. The number of allylic oxidation sites excluding steroid dienone is 2. The first kappa shape index (κ1) is 24.0. The van der Waals surface area contributed by atoms with Crippen LogP contribution in [0.25, 0.3) is 0 Å². The average molecular weight is 449 g/mol. The first-order valence-electron chi connectivity index (χ1n) is 10.9. The van der Waals surface area contributed by atoms with Gasteiger partial charge in [0.2, 0.25) is 0 Å². The Labute approximate surface area is 194 Å². The number of hydrogen-bond acceptors (Lipinski definition) is 7. The minimum absolute atomic E-state index is 0.105. The molecule has 8 heteroatoms. The van der Waals surface area contributed by atoms with E-state index in [9.17, 15) is 15.3 Å². The van der Waals surface area contributed by atoms with Crippen molar-refractivity contribution in [1.82, 2.24) is 5.32 Å². The second-order valence-electron chi connectivity index (χ2n) is 8.78. The summed E-state index contributed by atoms with van der Waals surface area (Å²) in [6.07, 6.45) is 0.555. The van der Waals surface area contributed by atoms with E-state index in [1.807, 2.05) is 58.0 Å². The lowest BCUT2D eigenvalue weighted by molar-refractivity contribution is -0.155. The van der Waals surface area contributed by atoms with Crippen LogP contribution in [0.1, 0.15) is 41.0 Å². The van der Waals surface area contributed by atoms with Crippen molar-refractivity contribution in [3.05, 3.63) is 53.3 Å². The standard InChI is InChI=1S/C25H28N4O4/c1-6-31-22(30)25-15-24(4,5)33-21(25)19(14-27)17(13-26)12-20(25)29-23(32-16(2)3)28-18-10-8-7-9-11-18/h7-12,16,21H,6,15H2,1-5H3,(H,28,29). The number of esters is 1. The summed E-state index contributed by atoms with van der Waals surface area (Å²) in [6, 6.07) is 13.5. The molecule has 0 saturated carbocycles. The van der Waals surface area contributed by atoms with Gasteiger partial charge in [-0.15, -0.1) is 0 Å². The van der Waals surface area contributed by atoms with Crippen LogP contribution < -0.4 is 5.32 Å². The Hall–Kier alpha value is -3.62. The Morgan fingerprint density at radius 2 is 1.97 bits per heavy atom. The zero-order valence-electron chi connectivity index (χ0n) is 19.5. The highest BCUT2D eigenvalue weighted by Crippen LogP contribution is 2.54. The fourth-order valence-electron chi connectivity index (χ4n) is 4.21. The Bertz CT molecular complexity index is 1090. The maximum absolute atomic E-state index is 13.4. The molecule has 2 unspecified atom stereocenters. The van der Waals surface area contributed by atoms with E-state index in [1.165, 1.54) is 6.08 Å². The van der Waals surface area contributed by atoms with Gasteiger partial charge in [0.15, 0.2) is 0 Å². The number of benzene rings is 1. The summed E-state index contributed by atoms with van der Waals surface area (Å²) in [5.74, 6) is -0.535. The molecule has 1 aliphatic heterocycles. The summed E-state index contributed by atoms with van der Waals surface area (Å²) >= 11 is 0. The highest BCUT2D eigenvalue weighted by molar-refractivity contribution is 5.88. The number of hydrogen-bond donors (Lipinski definition) is 1. The molecular formula is C25H28N4O4. The molecule has 2 aliphatic rings. The van der Waals surface area contributed by atoms with Crippen LogP contribution in [0, 0.1) is 28.1 Å². The number of nitriles is 2. The van der Waals surface area contributed by atoms with Crippen LogP contribution in [0.2, 0.25) is 0 Å². The fourth-order valence-corrected chi connectivity index (χ4v) is 4.21. The molecule has 0 spiro atoms. The van der Waals surface area contributed by atoms with Gasteiger partial charge in [0, 0.05) is 12.1 Å². The van der Waals surface area contributed by atoms with Gasteiger partial charge in [-0.05, 0) is 52.8 Å². The summed E-state index contributed by atoms with van der Waals surface area (Å²) in [5.41, 5.74) is -0.888. The van der Waals surface area contributed by atoms with Crippen molar-refractivity contribution >= 4 is 17.7 Å². The SMILES string of the molecule is CCOC(=O)C12CC(C)(C)OC1C(C#N)=C(C#N)C=C2NC(=Nc1ccccc1)OC(C)C. The third kappa shape index (κ3) is 4.76. The molecule has 0 aromatic heterocycles. The zero-order chi connectivity index (χ0) is 24.2. The summed E-state index contributed by atoms with van der Waals surface area (Å²) in [6.45, 7) is 9.28. The van der Waals surface area contributed by atoms with E-state index in [0.29, 0.717) is 11.4 Å². The van der Waals surface area contributed by atoms with Gasteiger partial charge in [0.1, 0.15) is 17.6 Å². The molecule has 1 aromatic rings. The lowest BCUT2D eigenvalue weighted by Crippen LogP contribution is -2.50. The van der Waals surface area contributed by atoms with E-state index in [4.69, 9.17) is 14.2 Å². The van der Waals surface area contributed by atoms with Crippen molar-refractivity contribution in [2.45, 2.75) is 58.8 Å². The zero-order valence-corrected chi connectivity index (χ0v) is 19.5. The number of aliphatic imine (C=N–C) groups is 1. The topological polar surface area (TPSA) is 117 Å². The van der Waals surface area contributed by atoms with Crippen molar-refractivity contribution in [1.29, 1.82) is 10.5 Å². The molecule has 1 fully saturated rings. The maximum Gasteiger partial charge on any atom is 0.321 e. The van der Waals surface area contributed by atoms with Crippen molar-refractivity contribution < 1.29 is 19.0 Å². The number of nitrogens with zero attached hydrogens (tertiary/aromatic N) is 3. The van der Waals surface area contributed by atoms with Crippen LogP contribution in [0.4, 0.5) is 5.69 Å². The van der Waals surface area contributed by atoms with Crippen LogP contribution in [0.3, 0.4) is 0 Å². The molecule has 3 rings (SSSR count). The van der Waals surface area contributed by atoms with Crippen molar-refractivity contribution in [3.63, 3.8) is 0 Å². The Morgan fingerprint density at radius 1 is 1.27 bits per heavy atom. The van der Waals surface area contributed by atoms with E-state index in [0.717, 1.165) is 0 Å². The van der Waals surface area contributed by atoms with Gasteiger partial charge in [0.25, 0.3) is 6.02 Å². The molecule has 1 N–H and O–H groups in total. The molecule has 33 heavy (non-hydrogen) atoms. The predicted octanol–water partition coefficient (Wildman–Crippen LogP) is 4.05. The first-order valence-corrected chi connectivity index (χ1v) is 10.9. The summed E-state index contributed by atoms with van der Waals surface area (Å²) < 4.78 is 17.5. The molecule has 0 amide bonds. The number of fused-ring (bicyclic) bond motifs is 1. The second-order valence-corrected chi connectivity index (χ2v) is 8.78. The number of nitrogens with one attached hydrogen (secondary N) is 1. The second kappa shape index (κ2) is 9.48. The lowest BCUT2D eigenvalue weighted by Gasteiger charge is -2.37. The average Bonchev–Trinajstić information content (AvgIpc) is 3.06. The van der Waals surface area contributed by atoms with E-state index < -0.39 is 23.1 Å². The largest absolute Gasteiger partial charge is 0.465 e. The summed E-state index contributed by atoms with van der Waals surface area (Å²) in [5, 5.41) is 22.7. The van der Waals surface area contributed by atoms with Gasteiger partial charge >= 0.3 is 5.97 Å². The van der Waals surface area contributed by atoms with Crippen LogP contribution in [-0.4, -0.2) is 36.4 Å². The smallest absolute Gasteiger partial charge is 0.321 e. The normalized spacial score (nSPS) is 23.8. The van der Waals surface area contributed by atoms with E-state index in [-0.39, 0.29) is 36.3 Å². The van der Waals surface area contributed by atoms with E-state index in [2.05, 4.69) is 22.4 Å². The molecule has 1 aliphatic carbocycles. The Morgan fingerprint density at radius 3 is 2.55 bits per heavy atom. The minimum Gasteiger partial charge on any atom is -0.465 e. The maximum atomic E-state index is 13.4. The van der Waals surface area contributed by atoms with E-state index >= 15 is 0 Å². The lowest BCUT2D eigenvalue weighted by atomic mass is 9.69. The summed E-state index contributed by atoms with van der Waals surface area (Å²) in [4.78, 5) is 18.0. The van der Waals surface area contributed by atoms with Crippen molar-refractivity contribution in [2.24, 2.45) is 10.4 Å². The van der Waals surface area contributed by atoms with Crippen molar-refractivity contribution in [3.8, 4) is 12.1 Å². The third-order valence-corrected chi connectivity index (χ3v) is 5.37. The van der Waals surface area contributed by atoms with Crippen LogP contribution in [0.5, 0.6) is 0 Å². The van der Waals surface area contributed by atoms with Crippen LogP contribution >= 0.6 is 0 Å². The van der Waals surface area contributed by atoms with Crippen LogP contribution in [-0.2, 0) is 19.0 Å². The fraction of sp³-hybridized carbons (Fsp3) is 0.440. The van der Waals surface area contributed by atoms with Gasteiger partial charge in [0.05, 0.1) is 41.2 Å². The third-order valence-electron chi connectivity index (χ3n) is 5.37.